The van der Waals surface area contributed by atoms with Crippen LogP contribution in [0.3, 0.4) is 0 Å². The van der Waals surface area contributed by atoms with Crippen LogP contribution < -0.4 is 10.1 Å². The van der Waals surface area contributed by atoms with Gasteiger partial charge < -0.3 is 20.3 Å². The number of aliphatic carboxylic acids is 2. The number of carbonyl (C=O) groups is 2. The van der Waals surface area contributed by atoms with Crippen LogP contribution in [0.2, 0.25) is 0 Å². The molecule has 3 N–H and O–H groups in total. The van der Waals surface area contributed by atoms with Crippen molar-refractivity contribution in [3.63, 3.8) is 0 Å². The molecule has 0 fully saturated rings. The Morgan fingerprint density at radius 2 is 1.55 bits per heavy atom. The van der Waals surface area contributed by atoms with Gasteiger partial charge in [-0.3, -0.25) is 0 Å². The highest BCUT2D eigenvalue weighted by Crippen LogP contribution is 2.15. The minimum atomic E-state index is -1.50. The van der Waals surface area contributed by atoms with Crippen molar-refractivity contribution >= 4 is 17.6 Å². The minimum Gasteiger partial charge on any atom is -0.494 e. The summed E-state index contributed by atoms with van der Waals surface area (Å²) in [5, 5.41) is 19.9. The maximum absolute atomic E-state index is 10.6. The molecular formula is C16H23NO5. The minimum absolute atomic E-state index is 0.550. The van der Waals surface area contributed by atoms with E-state index in [0.29, 0.717) is 18.0 Å². The molecule has 0 radical (unpaired) electrons. The Bertz CT molecular complexity index is 476. The van der Waals surface area contributed by atoms with Crippen molar-refractivity contribution in [3.8, 4) is 5.75 Å². The van der Waals surface area contributed by atoms with E-state index in [2.05, 4.69) is 19.2 Å². The largest absolute Gasteiger partial charge is 0.494 e. The lowest BCUT2D eigenvalue weighted by atomic mass is 10.2. The van der Waals surface area contributed by atoms with Crippen LogP contribution in [0.25, 0.3) is 0 Å². The Morgan fingerprint density at radius 3 is 1.91 bits per heavy atom. The highest BCUT2D eigenvalue weighted by molar-refractivity contribution is 6.12. The number of carboxylic acids is 2. The molecule has 0 amide bonds. The monoisotopic (exact) mass is 309 g/mol. The quantitative estimate of drug-likeness (QED) is 0.406. The van der Waals surface area contributed by atoms with Gasteiger partial charge in [-0.1, -0.05) is 26.7 Å². The summed E-state index contributed by atoms with van der Waals surface area (Å²) in [6.07, 6.45) is 3.57. The van der Waals surface area contributed by atoms with Crippen LogP contribution in [0.4, 0.5) is 5.69 Å². The van der Waals surface area contributed by atoms with Gasteiger partial charge in [0.15, 0.2) is 5.57 Å². The van der Waals surface area contributed by atoms with E-state index in [1.807, 2.05) is 6.92 Å². The number of hydrogen-bond acceptors (Lipinski definition) is 4. The van der Waals surface area contributed by atoms with Gasteiger partial charge in [0.1, 0.15) is 5.75 Å². The number of carboxylic acid groups (broad SMARTS) is 2. The second kappa shape index (κ2) is 11.2. The number of hydrogen-bond donors (Lipinski definition) is 3. The summed E-state index contributed by atoms with van der Waals surface area (Å²) in [6.45, 7) is 6.77. The first-order valence-electron chi connectivity index (χ1n) is 7.12. The first-order valence-corrected chi connectivity index (χ1v) is 7.12. The zero-order valence-corrected chi connectivity index (χ0v) is 13.1. The molecule has 0 aliphatic rings. The molecule has 1 aromatic carbocycles. The first-order chi connectivity index (χ1) is 10.5. The van der Waals surface area contributed by atoms with Crippen molar-refractivity contribution in [2.75, 3.05) is 11.9 Å². The van der Waals surface area contributed by atoms with E-state index in [0.717, 1.165) is 6.20 Å². The fourth-order valence-corrected chi connectivity index (χ4v) is 1.18. The molecule has 0 aliphatic heterocycles. The van der Waals surface area contributed by atoms with E-state index in [-0.39, 0.29) is 0 Å². The van der Waals surface area contributed by atoms with Crippen LogP contribution in [0.15, 0.2) is 36.0 Å². The zero-order valence-electron chi connectivity index (χ0n) is 13.1. The van der Waals surface area contributed by atoms with Gasteiger partial charge in [-0.25, -0.2) is 9.59 Å². The molecule has 0 saturated carbocycles. The van der Waals surface area contributed by atoms with Crippen molar-refractivity contribution in [1.82, 2.24) is 0 Å². The van der Waals surface area contributed by atoms with Crippen molar-refractivity contribution in [3.05, 3.63) is 36.0 Å². The van der Waals surface area contributed by atoms with Crippen molar-refractivity contribution < 1.29 is 24.5 Å². The predicted molar refractivity (Wildman–Crippen MR) is 85.2 cm³/mol. The Balaban J connectivity index is 0.000000980. The first kappa shape index (κ1) is 19.5. The molecule has 122 valence electrons. The molecule has 0 aliphatic carbocycles. The van der Waals surface area contributed by atoms with Gasteiger partial charge in [0.05, 0.1) is 6.61 Å². The van der Waals surface area contributed by atoms with Crippen LogP contribution in [-0.2, 0) is 9.59 Å². The fourth-order valence-electron chi connectivity index (χ4n) is 1.18. The van der Waals surface area contributed by atoms with Crippen LogP contribution in [-0.4, -0.2) is 28.8 Å². The van der Waals surface area contributed by atoms with Crippen molar-refractivity contribution in [1.29, 1.82) is 0 Å². The molecule has 6 heteroatoms. The Labute approximate surface area is 130 Å². The third-order valence-electron chi connectivity index (χ3n) is 2.51. The third-order valence-corrected chi connectivity index (χ3v) is 2.51. The maximum Gasteiger partial charge on any atom is 0.344 e. The van der Waals surface area contributed by atoms with E-state index in [9.17, 15) is 9.59 Å². The summed E-state index contributed by atoms with van der Waals surface area (Å²) in [6, 6.07) is 6.70. The van der Waals surface area contributed by atoms with Gasteiger partial charge in [-0.15, -0.1) is 0 Å². The topological polar surface area (TPSA) is 95.9 Å². The van der Waals surface area contributed by atoms with Crippen LogP contribution in [0, 0.1) is 0 Å². The number of rotatable bonds is 7. The number of nitrogens with one attached hydrogen (secondary N) is 1. The molecule has 0 bridgehead atoms. The number of unbranched alkanes of at least 4 members (excludes halogenated alkanes) is 1. The number of benzene rings is 1. The summed E-state index contributed by atoms with van der Waals surface area (Å²) in [4.78, 5) is 21.2. The second-order valence-electron chi connectivity index (χ2n) is 4.27. The fraction of sp³-hybridized carbons (Fsp3) is 0.375. The van der Waals surface area contributed by atoms with Crippen LogP contribution >= 0.6 is 0 Å². The molecule has 0 heterocycles. The van der Waals surface area contributed by atoms with E-state index in [1.165, 1.54) is 12.8 Å². The average molecular weight is 309 g/mol. The van der Waals surface area contributed by atoms with Crippen LogP contribution in [0.1, 0.15) is 33.6 Å². The van der Waals surface area contributed by atoms with Gasteiger partial charge in [0.2, 0.25) is 0 Å². The lowest BCUT2D eigenvalue weighted by Crippen LogP contribution is -2.12. The van der Waals surface area contributed by atoms with Gasteiger partial charge in [0.25, 0.3) is 0 Å². The Kier molecular flexibility index (Phi) is 9.92. The molecule has 22 heavy (non-hydrogen) atoms. The van der Waals surface area contributed by atoms with E-state index < -0.39 is 17.5 Å². The van der Waals surface area contributed by atoms with E-state index in [1.54, 1.807) is 24.3 Å². The molecule has 0 saturated heterocycles. The lowest BCUT2D eigenvalue weighted by Gasteiger charge is -2.05. The molecule has 0 atom stereocenters. The smallest absolute Gasteiger partial charge is 0.344 e. The highest BCUT2D eigenvalue weighted by Gasteiger charge is 2.15. The van der Waals surface area contributed by atoms with E-state index >= 15 is 0 Å². The van der Waals surface area contributed by atoms with Gasteiger partial charge >= 0.3 is 11.9 Å². The second-order valence-corrected chi connectivity index (χ2v) is 4.27. The Hall–Kier alpha value is -2.50. The summed E-state index contributed by atoms with van der Waals surface area (Å²) in [5.74, 6) is -2.31. The molecule has 1 rings (SSSR count). The standard InChI is InChI=1S/C12H13NO5.C4H10/c1-2-18-9-5-3-8(4-6-9)13-7-10(11(14)15)12(16)17;1-3-4-2/h3-7,13H,2H2,1H3,(H,14,15)(H,16,17);3-4H2,1-2H3. The number of anilines is 1. The SMILES string of the molecule is CCCC.CCOc1ccc(NC=C(C(=O)O)C(=O)O)cc1. The molecule has 0 aromatic heterocycles. The van der Waals surface area contributed by atoms with Gasteiger partial charge in [-0.05, 0) is 31.2 Å². The Morgan fingerprint density at radius 1 is 1.05 bits per heavy atom. The normalized spacial score (nSPS) is 9.05. The summed E-state index contributed by atoms with van der Waals surface area (Å²) in [7, 11) is 0. The molecule has 1 aromatic rings. The molecule has 0 spiro atoms. The predicted octanol–water partition coefficient (Wildman–Crippen LogP) is 3.36. The van der Waals surface area contributed by atoms with E-state index in [4.69, 9.17) is 14.9 Å². The molecular weight excluding hydrogens is 286 g/mol. The number of ether oxygens (including phenoxy) is 1. The highest BCUT2D eigenvalue weighted by atomic mass is 16.5. The maximum atomic E-state index is 10.6. The summed E-state index contributed by atoms with van der Waals surface area (Å²) < 4.78 is 5.23. The lowest BCUT2D eigenvalue weighted by molar-refractivity contribution is -0.140. The summed E-state index contributed by atoms with van der Waals surface area (Å²) in [5.41, 5.74) is -0.165. The third kappa shape index (κ3) is 7.94. The zero-order chi connectivity index (χ0) is 17.0. The molecule has 6 nitrogen and oxygen atoms in total. The average Bonchev–Trinajstić information content (AvgIpc) is 2.49. The van der Waals surface area contributed by atoms with Gasteiger partial charge in [0, 0.05) is 11.9 Å². The summed E-state index contributed by atoms with van der Waals surface area (Å²) >= 11 is 0. The van der Waals surface area contributed by atoms with Crippen molar-refractivity contribution in [2.45, 2.75) is 33.6 Å². The van der Waals surface area contributed by atoms with Gasteiger partial charge in [-0.2, -0.15) is 0 Å². The van der Waals surface area contributed by atoms with Crippen molar-refractivity contribution in [2.24, 2.45) is 0 Å². The van der Waals surface area contributed by atoms with Crippen LogP contribution in [0.5, 0.6) is 5.75 Å². The molecule has 0 unspecified atom stereocenters.